The molecule has 0 aliphatic heterocycles. The molecule has 0 aromatic carbocycles. The predicted molar refractivity (Wildman–Crippen MR) is 38.3 cm³/mol. The van der Waals surface area contributed by atoms with Gasteiger partial charge in [-0.15, -0.1) is 11.3 Å². The monoisotopic (exact) mass is 187 g/mol. The van der Waals surface area contributed by atoms with E-state index in [2.05, 4.69) is 20.8 Å². The third kappa shape index (κ3) is 1.09. The van der Waals surface area contributed by atoms with Gasteiger partial charge in [0.15, 0.2) is 0 Å². The average Bonchev–Trinajstić information content (AvgIpc) is 2.14. The molecule has 0 bridgehead atoms. The fourth-order valence-corrected chi connectivity index (χ4v) is 1.51. The normalized spacial score (nSPS) is 8.50. The highest BCUT2D eigenvalue weighted by molar-refractivity contribution is 9.11. The molecule has 0 aliphatic carbocycles. The third-order valence-corrected chi connectivity index (χ3v) is 2.19. The second-order valence-electron chi connectivity index (χ2n) is 1.19. The fraction of sp³-hybridized carbons (Fsp3) is 0. The van der Waals surface area contributed by atoms with Crippen LogP contribution in [0.4, 0.5) is 5.00 Å². The van der Waals surface area contributed by atoms with E-state index in [0.717, 1.165) is 8.79 Å². The van der Waals surface area contributed by atoms with Crippen LogP contribution in [0.2, 0.25) is 0 Å². The summed E-state index contributed by atoms with van der Waals surface area (Å²) in [6, 6.07) is 3.67. The van der Waals surface area contributed by atoms with Gasteiger partial charge >= 0.3 is 0 Å². The van der Waals surface area contributed by atoms with Gasteiger partial charge in [0.2, 0.25) is 5.00 Å². The van der Waals surface area contributed by atoms with Gasteiger partial charge < -0.3 is 0 Å². The Morgan fingerprint density at radius 2 is 2.38 bits per heavy atom. The Balaban J connectivity index is 3.05. The van der Waals surface area contributed by atoms with Crippen LogP contribution in [0.1, 0.15) is 0 Å². The largest absolute Gasteiger partial charge is 0.242 e. The van der Waals surface area contributed by atoms with E-state index >= 15 is 0 Å². The van der Waals surface area contributed by atoms with E-state index < -0.39 is 0 Å². The first-order chi connectivity index (χ1) is 3.83. The summed E-state index contributed by atoms with van der Waals surface area (Å²) in [6.45, 7) is 6.57. The second kappa shape index (κ2) is 2.29. The smallest absolute Gasteiger partial charge is 0.227 e. The van der Waals surface area contributed by atoms with Gasteiger partial charge in [0.25, 0.3) is 0 Å². The summed E-state index contributed by atoms with van der Waals surface area (Å²) in [5, 5.41) is 0.733. The minimum atomic E-state index is 0.733. The Labute approximate surface area is 59.9 Å². The molecular formula is C5H2BrNS. The fourth-order valence-electron chi connectivity index (χ4n) is 0.365. The van der Waals surface area contributed by atoms with Crippen molar-refractivity contribution in [2.45, 2.75) is 0 Å². The minimum absolute atomic E-state index is 0.733. The number of halogens is 1. The lowest BCUT2D eigenvalue weighted by Crippen LogP contribution is -1.30. The maximum atomic E-state index is 6.57. The highest BCUT2D eigenvalue weighted by Crippen LogP contribution is 2.28. The molecule has 1 aromatic heterocycles. The van der Waals surface area contributed by atoms with Gasteiger partial charge in [-0.1, -0.05) is 0 Å². The van der Waals surface area contributed by atoms with Gasteiger partial charge in [-0.3, -0.25) is 0 Å². The first-order valence-corrected chi connectivity index (χ1v) is 3.56. The number of hydrogen-bond donors (Lipinski definition) is 0. The van der Waals surface area contributed by atoms with Crippen LogP contribution in [0, 0.1) is 6.57 Å². The molecule has 0 amide bonds. The van der Waals surface area contributed by atoms with Crippen molar-refractivity contribution in [2.24, 2.45) is 0 Å². The zero-order valence-electron chi connectivity index (χ0n) is 3.89. The Morgan fingerprint density at radius 3 is 2.62 bits per heavy atom. The molecule has 3 heteroatoms. The molecule has 0 spiro atoms. The predicted octanol–water partition coefficient (Wildman–Crippen LogP) is 3.06. The topological polar surface area (TPSA) is 4.36 Å². The Kier molecular flexibility index (Phi) is 1.66. The summed E-state index contributed by atoms with van der Waals surface area (Å²) < 4.78 is 1.02. The molecule has 8 heavy (non-hydrogen) atoms. The molecule has 0 saturated carbocycles. The van der Waals surface area contributed by atoms with Crippen molar-refractivity contribution >= 4 is 32.3 Å². The molecule has 1 rings (SSSR count). The molecule has 0 fully saturated rings. The summed E-state index contributed by atoms with van der Waals surface area (Å²) in [5.74, 6) is 0. The summed E-state index contributed by atoms with van der Waals surface area (Å²) in [5.41, 5.74) is 0. The minimum Gasteiger partial charge on any atom is -0.227 e. The maximum Gasteiger partial charge on any atom is 0.242 e. The van der Waals surface area contributed by atoms with Crippen LogP contribution in [0.5, 0.6) is 0 Å². The van der Waals surface area contributed by atoms with Crippen LogP contribution in [-0.2, 0) is 0 Å². The quantitative estimate of drug-likeness (QED) is 0.551. The van der Waals surface area contributed by atoms with Crippen molar-refractivity contribution in [3.63, 3.8) is 0 Å². The van der Waals surface area contributed by atoms with Crippen LogP contribution in [0.3, 0.4) is 0 Å². The van der Waals surface area contributed by atoms with Crippen LogP contribution in [-0.4, -0.2) is 0 Å². The second-order valence-corrected chi connectivity index (χ2v) is 3.63. The highest BCUT2D eigenvalue weighted by atomic mass is 79.9. The van der Waals surface area contributed by atoms with Gasteiger partial charge in [0.1, 0.15) is 0 Å². The van der Waals surface area contributed by atoms with Crippen LogP contribution in [0.25, 0.3) is 4.85 Å². The number of hydrogen-bond acceptors (Lipinski definition) is 1. The summed E-state index contributed by atoms with van der Waals surface area (Å²) in [7, 11) is 0. The number of thiophene rings is 1. The van der Waals surface area contributed by atoms with Gasteiger partial charge in [0, 0.05) is 0 Å². The lowest BCUT2D eigenvalue weighted by molar-refractivity contribution is 1.95. The van der Waals surface area contributed by atoms with Gasteiger partial charge in [-0.25, -0.2) is 4.85 Å². The molecule has 0 aliphatic rings. The van der Waals surface area contributed by atoms with Crippen LogP contribution < -0.4 is 0 Å². The lowest BCUT2D eigenvalue weighted by atomic mass is 10.6. The van der Waals surface area contributed by atoms with Crippen LogP contribution in [0.15, 0.2) is 15.9 Å². The molecule has 0 unspecified atom stereocenters. The van der Waals surface area contributed by atoms with E-state index in [-0.39, 0.29) is 0 Å². The van der Waals surface area contributed by atoms with E-state index in [1.54, 1.807) is 6.07 Å². The van der Waals surface area contributed by atoms with Crippen molar-refractivity contribution in [1.82, 2.24) is 0 Å². The molecular weight excluding hydrogens is 186 g/mol. The molecule has 1 nitrogen and oxygen atoms in total. The molecule has 0 atom stereocenters. The zero-order chi connectivity index (χ0) is 5.98. The summed E-state index contributed by atoms with van der Waals surface area (Å²) in [6.07, 6.45) is 0. The van der Waals surface area contributed by atoms with Crippen molar-refractivity contribution in [3.8, 4) is 0 Å². The van der Waals surface area contributed by atoms with E-state index in [4.69, 9.17) is 6.57 Å². The van der Waals surface area contributed by atoms with Crippen molar-refractivity contribution in [2.75, 3.05) is 0 Å². The van der Waals surface area contributed by atoms with Gasteiger partial charge in [-0.2, -0.15) is 0 Å². The SMILES string of the molecule is [C-]#[N+]c1ccc(Br)s1. The third-order valence-electron chi connectivity index (χ3n) is 0.669. The molecule has 0 saturated heterocycles. The summed E-state index contributed by atoms with van der Waals surface area (Å²) in [4.78, 5) is 3.23. The number of rotatable bonds is 0. The average molecular weight is 188 g/mol. The molecule has 0 N–H and O–H groups in total. The molecule has 1 heterocycles. The first-order valence-electron chi connectivity index (χ1n) is 1.96. The Hall–Kier alpha value is -0.330. The molecule has 40 valence electrons. The van der Waals surface area contributed by atoms with Gasteiger partial charge in [-0.05, 0) is 28.1 Å². The molecule has 0 radical (unpaired) electrons. The van der Waals surface area contributed by atoms with E-state index in [1.165, 1.54) is 11.3 Å². The van der Waals surface area contributed by atoms with E-state index in [1.807, 2.05) is 6.07 Å². The zero-order valence-corrected chi connectivity index (χ0v) is 6.29. The number of nitrogens with zero attached hydrogens (tertiary/aromatic N) is 1. The first kappa shape index (κ1) is 5.80. The van der Waals surface area contributed by atoms with Crippen molar-refractivity contribution < 1.29 is 0 Å². The Morgan fingerprint density at radius 1 is 1.62 bits per heavy atom. The molecule has 1 aromatic rings. The lowest BCUT2D eigenvalue weighted by Gasteiger charge is -1.68. The Bertz CT molecular complexity index is 223. The maximum absolute atomic E-state index is 6.57. The summed E-state index contributed by atoms with van der Waals surface area (Å²) >= 11 is 4.70. The van der Waals surface area contributed by atoms with E-state index in [0.29, 0.717) is 0 Å². The van der Waals surface area contributed by atoms with Crippen molar-refractivity contribution in [3.05, 3.63) is 27.3 Å². The van der Waals surface area contributed by atoms with Gasteiger partial charge in [0.05, 0.1) is 10.4 Å². The van der Waals surface area contributed by atoms with E-state index in [9.17, 15) is 0 Å². The standard InChI is InChI=1S/C5H2BrNS/c1-7-5-3-2-4(6)8-5/h2-3H. The highest BCUT2D eigenvalue weighted by Gasteiger charge is 1.91. The van der Waals surface area contributed by atoms with Crippen molar-refractivity contribution in [1.29, 1.82) is 0 Å². The van der Waals surface area contributed by atoms with Crippen LogP contribution >= 0.6 is 27.3 Å².